The van der Waals surface area contributed by atoms with Crippen molar-refractivity contribution in [1.82, 2.24) is 15.1 Å². The number of aliphatic imine (C=N–C) groups is 1. The van der Waals surface area contributed by atoms with Gasteiger partial charge in [-0.1, -0.05) is 25.7 Å². The zero-order valence-electron chi connectivity index (χ0n) is 15.8. The normalized spacial score (nSPS) is 27.8. The van der Waals surface area contributed by atoms with E-state index in [0.717, 1.165) is 19.0 Å². The Morgan fingerprint density at radius 1 is 1.04 bits per heavy atom. The number of rotatable bonds is 4. The zero-order valence-corrected chi connectivity index (χ0v) is 18.2. The van der Waals surface area contributed by atoms with Crippen molar-refractivity contribution in [2.45, 2.75) is 69.9 Å². The number of nitrogens with one attached hydrogen (secondary N) is 1. The van der Waals surface area contributed by atoms with Crippen LogP contribution in [0.2, 0.25) is 0 Å². The molecule has 3 fully saturated rings. The maximum atomic E-state index is 10.5. The lowest BCUT2D eigenvalue weighted by atomic mass is 9.85. The fourth-order valence-electron chi connectivity index (χ4n) is 4.73. The highest BCUT2D eigenvalue weighted by Gasteiger charge is 2.30. The zero-order chi connectivity index (χ0) is 16.8. The molecule has 0 aromatic carbocycles. The summed E-state index contributed by atoms with van der Waals surface area (Å²) in [6, 6.07) is 0.687. The summed E-state index contributed by atoms with van der Waals surface area (Å²) in [6.45, 7) is 5.34. The highest BCUT2D eigenvalue weighted by atomic mass is 127. The molecule has 3 aliphatic rings. The lowest BCUT2D eigenvalue weighted by Gasteiger charge is -2.32. The predicted octanol–water partition coefficient (Wildman–Crippen LogP) is 2.68. The molecule has 2 saturated heterocycles. The summed E-state index contributed by atoms with van der Waals surface area (Å²) < 4.78 is 0. The largest absolute Gasteiger partial charge is 0.391 e. The average Bonchev–Trinajstić information content (AvgIpc) is 3.13. The van der Waals surface area contributed by atoms with Crippen molar-refractivity contribution in [2.75, 3.05) is 39.8 Å². The average molecular weight is 464 g/mol. The first-order valence-electron chi connectivity index (χ1n) is 10.2. The van der Waals surface area contributed by atoms with E-state index >= 15 is 0 Å². The van der Waals surface area contributed by atoms with Gasteiger partial charge in [0.2, 0.25) is 0 Å². The number of aliphatic hydroxyl groups excluding tert-OH is 1. The Morgan fingerprint density at radius 3 is 2.40 bits per heavy atom. The summed E-state index contributed by atoms with van der Waals surface area (Å²) in [5, 5.41) is 13.9. The number of guanidine groups is 1. The second-order valence-electron chi connectivity index (χ2n) is 7.88. The van der Waals surface area contributed by atoms with Crippen LogP contribution in [-0.2, 0) is 0 Å². The van der Waals surface area contributed by atoms with Gasteiger partial charge in [0, 0.05) is 32.7 Å². The second kappa shape index (κ2) is 10.9. The molecular weight excluding hydrogens is 427 g/mol. The highest BCUT2D eigenvalue weighted by molar-refractivity contribution is 14.0. The summed E-state index contributed by atoms with van der Waals surface area (Å²) in [5.74, 6) is 1.45. The summed E-state index contributed by atoms with van der Waals surface area (Å²) in [6.07, 6.45) is 11.4. The van der Waals surface area contributed by atoms with Gasteiger partial charge in [-0.15, -0.1) is 24.0 Å². The SMILES string of the molecule is CN=C(NCC(O)C1CCCCC1)N1CCC(N2CCCCC2)C1.I. The Kier molecular flexibility index (Phi) is 9.27. The molecule has 2 unspecified atom stereocenters. The molecule has 3 rings (SSSR count). The predicted molar refractivity (Wildman–Crippen MR) is 115 cm³/mol. The molecule has 2 aliphatic heterocycles. The van der Waals surface area contributed by atoms with Crippen molar-refractivity contribution in [3.05, 3.63) is 0 Å². The summed E-state index contributed by atoms with van der Waals surface area (Å²) in [7, 11) is 1.86. The number of halogens is 1. The van der Waals surface area contributed by atoms with E-state index in [0.29, 0.717) is 18.5 Å². The first kappa shape index (κ1) is 21.2. The van der Waals surface area contributed by atoms with Gasteiger partial charge in [0.1, 0.15) is 0 Å². The standard InChI is InChI=1S/C19H36N4O.HI/c1-20-19(21-14-18(24)16-8-4-2-5-9-16)23-13-10-17(15-23)22-11-6-3-7-12-22;/h16-18,24H,2-15H2,1H3,(H,20,21);1H. The fraction of sp³-hybridized carbons (Fsp3) is 0.947. The second-order valence-corrected chi connectivity index (χ2v) is 7.88. The van der Waals surface area contributed by atoms with Gasteiger partial charge in [-0.2, -0.15) is 0 Å². The van der Waals surface area contributed by atoms with Gasteiger partial charge in [0.15, 0.2) is 5.96 Å². The molecular formula is C19H37IN4O. The molecule has 0 amide bonds. The Hall–Kier alpha value is -0.0800. The molecule has 2 N–H and O–H groups in total. The molecule has 2 heterocycles. The minimum Gasteiger partial charge on any atom is -0.391 e. The summed E-state index contributed by atoms with van der Waals surface area (Å²) in [5.41, 5.74) is 0. The molecule has 0 spiro atoms. The van der Waals surface area contributed by atoms with Crippen LogP contribution in [0.15, 0.2) is 4.99 Å². The van der Waals surface area contributed by atoms with E-state index in [1.54, 1.807) is 0 Å². The lowest BCUT2D eigenvalue weighted by Crippen LogP contribution is -2.46. The Labute approximate surface area is 170 Å². The summed E-state index contributed by atoms with van der Waals surface area (Å²) >= 11 is 0. The fourth-order valence-corrected chi connectivity index (χ4v) is 4.73. The van der Waals surface area contributed by atoms with E-state index in [1.165, 1.54) is 70.9 Å². The highest BCUT2D eigenvalue weighted by Crippen LogP contribution is 2.26. The number of aliphatic hydroxyl groups is 1. The van der Waals surface area contributed by atoms with Crippen LogP contribution in [0.5, 0.6) is 0 Å². The van der Waals surface area contributed by atoms with Gasteiger partial charge in [-0.3, -0.25) is 9.89 Å². The van der Waals surface area contributed by atoms with Gasteiger partial charge in [0.25, 0.3) is 0 Å². The van der Waals surface area contributed by atoms with Crippen molar-refractivity contribution in [3.63, 3.8) is 0 Å². The third-order valence-corrected chi connectivity index (χ3v) is 6.25. The van der Waals surface area contributed by atoms with Crippen molar-refractivity contribution < 1.29 is 5.11 Å². The minimum absolute atomic E-state index is 0. The van der Waals surface area contributed by atoms with Crippen LogP contribution in [0.3, 0.4) is 0 Å². The molecule has 146 valence electrons. The van der Waals surface area contributed by atoms with Crippen LogP contribution in [-0.4, -0.2) is 72.8 Å². The molecule has 5 nitrogen and oxygen atoms in total. The van der Waals surface area contributed by atoms with E-state index < -0.39 is 0 Å². The van der Waals surface area contributed by atoms with E-state index in [2.05, 4.69) is 20.1 Å². The topological polar surface area (TPSA) is 51.1 Å². The molecule has 2 atom stereocenters. The monoisotopic (exact) mass is 464 g/mol. The summed E-state index contributed by atoms with van der Waals surface area (Å²) in [4.78, 5) is 9.52. The molecule has 0 radical (unpaired) electrons. The van der Waals surface area contributed by atoms with Crippen LogP contribution in [0, 0.1) is 5.92 Å². The van der Waals surface area contributed by atoms with Gasteiger partial charge < -0.3 is 15.3 Å². The third kappa shape index (κ3) is 5.96. The number of likely N-dealkylation sites (tertiary alicyclic amines) is 2. The molecule has 0 bridgehead atoms. The van der Waals surface area contributed by atoms with Gasteiger partial charge in [-0.25, -0.2) is 0 Å². The minimum atomic E-state index is -0.234. The molecule has 6 heteroatoms. The maximum Gasteiger partial charge on any atom is 0.193 e. The molecule has 0 aromatic heterocycles. The smallest absolute Gasteiger partial charge is 0.193 e. The van der Waals surface area contributed by atoms with E-state index in [1.807, 2.05) is 7.05 Å². The van der Waals surface area contributed by atoms with Gasteiger partial charge in [-0.05, 0) is 51.1 Å². The van der Waals surface area contributed by atoms with Crippen molar-refractivity contribution >= 4 is 29.9 Å². The Balaban J connectivity index is 0.00000225. The molecule has 25 heavy (non-hydrogen) atoms. The Morgan fingerprint density at radius 2 is 1.72 bits per heavy atom. The van der Waals surface area contributed by atoms with Crippen LogP contribution >= 0.6 is 24.0 Å². The number of nitrogens with zero attached hydrogens (tertiary/aromatic N) is 3. The molecule has 1 saturated carbocycles. The van der Waals surface area contributed by atoms with Crippen LogP contribution in [0.1, 0.15) is 57.8 Å². The van der Waals surface area contributed by atoms with Crippen molar-refractivity contribution in [3.8, 4) is 0 Å². The first-order chi connectivity index (χ1) is 11.8. The number of hydrogen-bond acceptors (Lipinski definition) is 3. The van der Waals surface area contributed by atoms with Gasteiger partial charge >= 0.3 is 0 Å². The van der Waals surface area contributed by atoms with E-state index in [4.69, 9.17) is 0 Å². The number of hydrogen-bond donors (Lipinski definition) is 2. The molecule has 0 aromatic rings. The Bertz CT molecular complexity index is 408. The lowest BCUT2D eigenvalue weighted by molar-refractivity contribution is 0.0874. The van der Waals surface area contributed by atoms with Crippen molar-refractivity contribution in [1.29, 1.82) is 0 Å². The van der Waals surface area contributed by atoms with Crippen LogP contribution in [0.4, 0.5) is 0 Å². The van der Waals surface area contributed by atoms with E-state index in [-0.39, 0.29) is 30.1 Å². The van der Waals surface area contributed by atoms with Crippen LogP contribution in [0.25, 0.3) is 0 Å². The quantitative estimate of drug-likeness (QED) is 0.382. The van der Waals surface area contributed by atoms with Crippen LogP contribution < -0.4 is 5.32 Å². The maximum absolute atomic E-state index is 10.5. The third-order valence-electron chi connectivity index (χ3n) is 6.25. The number of piperidine rings is 1. The van der Waals surface area contributed by atoms with Crippen molar-refractivity contribution in [2.24, 2.45) is 10.9 Å². The van der Waals surface area contributed by atoms with Gasteiger partial charge in [0.05, 0.1) is 6.10 Å². The first-order valence-corrected chi connectivity index (χ1v) is 10.2. The van der Waals surface area contributed by atoms with E-state index in [9.17, 15) is 5.11 Å². The molecule has 1 aliphatic carbocycles.